The number of rotatable bonds is 6. The average molecular weight is 408 g/mol. The number of benzene rings is 1. The van der Waals surface area contributed by atoms with Gasteiger partial charge < -0.3 is 25.0 Å². The van der Waals surface area contributed by atoms with E-state index in [1.54, 1.807) is 24.4 Å². The maximum atomic E-state index is 11.4. The second-order valence-corrected chi connectivity index (χ2v) is 7.09. The van der Waals surface area contributed by atoms with Crippen LogP contribution in [0, 0.1) is 0 Å². The Hall–Kier alpha value is -3.23. The van der Waals surface area contributed by atoms with Gasteiger partial charge in [0.25, 0.3) is 0 Å². The van der Waals surface area contributed by atoms with E-state index in [2.05, 4.69) is 10.3 Å². The predicted octanol–water partition coefficient (Wildman–Crippen LogP) is 2.54. The van der Waals surface area contributed by atoms with E-state index in [1.807, 2.05) is 52.1 Å². The highest BCUT2D eigenvalue weighted by Gasteiger charge is 2.40. The first-order valence-corrected chi connectivity index (χ1v) is 9.61. The number of aromatic nitrogens is 2. The molecular formula is C21H20N4O3S. The second-order valence-electron chi connectivity index (χ2n) is 6.70. The van der Waals surface area contributed by atoms with Crippen molar-refractivity contribution in [3.63, 3.8) is 0 Å². The van der Waals surface area contributed by atoms with Crippen molar-refractivity contribution in [2.75, 3.05) is 13.2 Å². The first-order chi connectivity index (χ1) is 14.1. The zero-order valence-electron chi connectivity index (χ0n) is 15.5. The van der Waals surface area contributed by atoms with Crippen molar-refractivity contribution >= 4 is 23.3 Å². The lowest BCUT2D eigenvalue weighted by atomic mass is 10.0. The number of carboxylic acid groups (broad SMARTS) is 1. The number of hydrogen-bond acceptors (Lipinski definition) is 4. The molecule has 0 radical (unpaired) electrons. The molecule has 0 saturated carbocycles. The minimum atomic E-state index is -0.975. The maximum Gasteiger partial charge on any atom is 0.335 e. The number of β-amino-alcohol motifs (C(OH)–C–C–N with tert-alkyl or cyclic N) is 1. The molecule has 1 saturated heterocycles. The van der Waals surface area contributed by atoms with Crippen molar-refractivity contribution in [2.24, 2.45) is 0 Å². The topological polar surface area (TPSA) is 90.6 Å². The molecule has 0 spiro atoms. The monoisotopic (exact) mass is 408 g/mol. The largest absolute Gasteiger partial charge is 0.478 e. The van der Waals surface area contributed by atoms with Gasteiger partial charge in [0.1, 0.15) is 0 Å². The summed E-state index contributed by atoms with van der Waals surface area (Å²) >= 11 is 5.54. The Labute approximate surface area is 173 Å². The van der Waals surface area contributed by atoms with Crippen LogP contribution in [-0.4, -0.2) is 48.9 Å². The van der Waals surface area contributed by atoms with Crippen molar-refractivity contribution in [3.05, 3.63) is 83.9 Å². The highest BCUT2D eigenvalue weighted by molar-refractivity contribution is 7.80. The molecule has 1 aliphatic heterocycles. The van der Waals surface area contributed by atoms with Crippen LogP contribution in [0.5, 0.6) is 0 Å². The number of carboxylic acids is 1. The van der Waals surface area contributed by atoms with Gasteiger partial charge in [-0.2, -0.15) is 0 Å². The summed E-state index contributed by atoms with van der Waals surface area (Å²) in [5, 5.41) is 22.8. The van der Waals surface area contributed by atoms with Crippen molar-refractivity contribution in [1.82, 2.24) is 19.8 Å². The molecular weight excluding hydrogens is 388 g/mol. The van der Waals surface area contributed by atoms with Gasteiger partial charge >= 0.3 is 5.97 Å². The second kappa shape index (κ2) is 8.02. The van der Waals surface area contributed by atoms with Crippen molar-refractivity contribution in [3.8, 4) is 5.69 Å². The van der Waals surface area contributed by atoms with Gasteiger partial charge in [-0.15, -0.1) is 0 Å². The lowest BCUT2D eigenvalue weighted by molar-refractivity contribution is 0.0697. The van der Waals surface area contributed by atoms with Crippen molar-refractivity contribution in [1.29, 1.82) is 0 Å². The highest BCUT2D eigenvalue weighted by atomic mass is 32.1. The predicted molar refractivity (Wildman–Crippen MR) is 112 cm³/mol. The fourth-order valence-electron chi connectivity index (χ4n) is 3.73. The van der Waals surface area contributed by atoms with Crippen LogP contribution in [0.3, 0.4) is 0 Å². The molecule has 1 fully saturated rings. The normalized spacial score (nSPS) is 18.7. The highest BCUT2D eigenvalue weighted by Crippen LogP contribution is 2.39. The summed E-state index contributed by atoms with van der Waals surface area (Å²) in [6.07, 6.45) is 3.63. The van der Waals surface area contributed by atoms with Gasteiger partial charge in [0.05, 0.1) is 29.9 Å². The smallest absolute Gasteiger partial charge is 0.335 e. The molecule has 3 aromatic rings. The van der Waals surface area contributed by atoms with Crippen LogP contribution < -0.4 is 5.32 Å². The van der Waals surface area contributed by atoms with Gasteiger partial charge in [-0.25, -0.2) is 4.79 Å². The van der Waals surface area contributed by atoms with Crippen LogP contribution in [0.15, 0.2) is 67.0 Å². The van der Waals surface area contributed by atoms with Gasteiger partial charge in [0, 0.05) is 30.3 Å². The third-order valence-electron chi connectivity index (χ3n) is 4.99. The zero-order chi connectivity index (χ0) is 20.4. The Morgan fingerprint density at radius 2 is 2.03 bits per heavy atom. The fraction of sp³-hybridized carbons (Fsp3) is 0.190. The quantitative estimate of drug-likeness (QED) is 0.540. The molecule has 1 aromatic carbocycles. The molecule has 2 aromatic heterocycles. The zero-order valence-corrected chi connectivity index (χ0v) is 16.3. The van der Waals surface area contributed by atoms with E-state index >= 15 is 0 Å². The number of nitrogens with one attached hydrogen (secondary N) is 1. The first-order valence-electron chi connectivity index (χ1n) is 9.20. The molecule has 7 nitrogen and oxygen atoms in total. The van der Waals surface area contributed by atoms with Gasteiger partial charge in [-0.1, -0.05) is 12.1 Å². The van der Waals surface area contributed by atoms with E-state index in [0.717, 1.165) is 17.1 Å². The number of aromatic carboxylic acids is 1. The van der Waals surface area contributed by atoms with Gasteiger partial charge in [0.15, 0.2) is 5.11 Å². The Kier molecular flexibility index (Phi) is 5.28. The summed E-state index contributed by atoms with van der Waals surface area (Å²) in [5.41, 5.74) is 2.72. The summed E-state index contributed by atoms with van der Waals surface area (Å²) in [7, 11) is 0. The molecule has 2 unspecified atom stereocenters. The van der Waals surface area contributed by atoms with Crippen LogP contribution in [0.4, 0.5) is 0 Å². The lowest BCUT2D eigenvalue weighted by Crippen LogP contribution is -2.32. The van der Waals surface area contributed by atoms with Crippen LogP contribution in [0.25, 0.3) is 5.69 Å². The van der Waals surface area contributed by atoms with E-state index in [0.29, 0.717) is 11.7 Å². The Balaban J connectivity index is 1.81. The van der Waals surface area contributed by atoms with Crippen LogP contribution in [-0.2, 0) is 0 Å². The van der Waals surface area contributed by atoms with E-state index in [4.69, 9.17) is 12.2 Å². The van der Waals surface area contributed by atoms with Crippen molar-refractivity contribution in [2.45, 2.75) is 12.1 Å². The molecule has 3 heterocycles. The fourth-order valence-corrected chi connectivity index (χ4v) is 4.07. The van der Waals surface area contributed by atoms with E-state index in [9.17, 15) is 15.0 Å². The minimum absolute atomic E-state index is 0.0392. The van der Waals surface area contributed by atoms with Crippen LogP contribution >= 0.6 is 12.2 Å². The Morgan fingerprint density at radius 1 is 1.17 bits per heavy atom. The van der Waals surface area contributed by atoms with Gasteiger partial charge in [-0.05, 0) is 54.7 Å². The van der Waals surface area contributed by atoms with E-state index in [-0.39, 0.29) is 24.3 Å². The number of carbonyl (C=O) groups is 1. The maximum absolute atomic E-state index is 11.4. The minimum Gasteiger partial charge on any atom is -0.478 e. The van der Waals surface area contributed by atoms with Gasteiger partial charge in [-0.3, -0.25) is 4.98 Å². The SMILES string of the molecule is O=C(O)c1cccc(-n2cccc2C2C(c3ccccn3)NC(=S)N2CCO)c1. The molecule has 0 bridgehead atoms. The molecule has 2 atom stereocenters. The Morgan fingerprint density at radius 3 is 2.76 bits per heavy atom. The van der Waals surface area contributed by atoms with Gasteiger partial charge in [0.2, 0.25) is 0 Å². The number of hydrogen-bond donors (Lipinski definition) is 3. The summed E-state index contributed by atoms with van der Waals surface area (Å²) in [4.78, 5) is 17.8. The van der Waals surface area contributed by atoms with E-state index < -0.39 is 5.97 Å². The molecule has 0 aliphatic carbocycles. The molecule has 3 N–H and O–H groups in total. The van der Waals surface area contributed by atoms with E-state index in [1.165, 1.54) is 0 Å². The van der Waals surface area contributed by atoms with Crippen molar-refractivity contribution < 1.29 is 15.0 Å². The number of aliphatic hydroxyl groups is 1. The lowest BCUT2D eigenvalue weighted by Gasteiger charge is -2.28. The number of nitrogens with zero attached hydrogens (tertiary/aromatic N) is 3. The third kappa shape index (κ3) is 3.59. The summed E-state index contributed by atoms with van der Waals surface area (Å²) in [6, 6.07) is 16.0. The summed E-state index contributed by atoms with van der Waals surface area (Å²) < 4.78 is 1.95. The number of aliphatic hydroxyl groups excluding tert-OH is 1. The molecule has 148 valence electrons. The number of pyridine rings is 1. The molecule has 1 aliphatic rings. The summed E-state index contributed by atoms with van der Waals surface area (Å²) in [6.45, 7) is 0.336. The third-order valence-corrected chi connectivity index (χ3v) is 5.35. The molecule has 0 amide bonds. The Bertz CT molecular complexity index is 1040. The average Bonchev–Trinajstić information content (AvgIpc) is 3.34. The number of thiocarbonyl (C=S) groups is 1. The summed E-state index contributed by atoms with van der Waals surface area (Å²) in [5.74, 6) is -0.975. The van der Waals surface area contributed by atoms with Crippen LogP contribution in [0.1, 0.15) is 33.8 Å². The molecule has 29 heavy (non-hydrogen) atoms. The van der Waals surface area contributed by atoms with Crippen LogP contribution in [0.2, 0.25) is 0 Å². The first kappa shape index (κ1) is 19.1. The molecule has 4 rings (SSSR count). The standard InChI is InChI=1S/C21H20N4O3S/c26-12-11-25-19(18(23-21(25)29)16-7-1-2-9-22-16)17-8-4-10-24(17)15-6-3-5-14(13-15)20(27)28/h1-10,13,18-19,26H,11-12H2,(H,23,29)(H,27,28). The molecule has 8 heteroatoms.